The molecule has 1 aliphatic heterocycles. The SMILES string of the molecule is O=C(Nc1ccc(OC(F)(F)F)cc1)c1cc2n(n1)C(C(F)(F)F)CC(c1ccc(Cl)c(Cl)c1)N2. The minimum Gasteiger partial charge on any atom is -0.406 e. The van der Waals surface area contributed by atoms with E-state index in [2.05, 4.69) is 20.5 Å². The number of benzene rings is 2. The van der Waals surface area contributed by atoms with E-state index in [4.69, 9.17) is 23.2 Å². The van der Waals surface area contributed by atoms with Crippen LogP contribution in [-0.2, 0) is 0 Å². The molecule has 2 atom stereocenters. The van der Waals surface area contributed by atoms with E-state index in [9.17, 15) is 31.1 Å². The number of carbonyl (C=O) groups is 1. The van der Waals surface area contributed by atoms with Crippen LogP contribution < -0.4 is 15.4 Å². The number of rotatable bonds is 4. The Morgan fingerprint density at radius 2 is 1.71 bits per heavy atom. The fourth-order valence-corrected chi connectivity index (χ4v) is 3.87. The molecular weight excluding hydrogens is 525 g/mol. The summed E-state index contributed by atoms with van der Waals surface area (Å²) < 4.78 is 82.8. The number of alkyl halides is 6. The smallest absolute Gasteiger partial charge is 0.406 e. The minimum absolute atomic E-state index is 0.0475. The number of halogens is 8. The Morgan fingerprint density at radius 3 is 2.31 bits per heavy atom. The van der Waals surface area contributed by atoms with E-state index in [1.54, 1.807) is 6.07 Å². The molecule has 1 aliphatic rings. The molecule has 0 aliphatic carbocycles. The van der Waals surface area contributed by atoms with Crippen LogP contribution in [0.15, 0.2) is 48.5 Å². The summed E-state index contributed by atoms with van der Waals surface area (Å²) >= 11 is 11.9. The monoisotopic (exact) mass is 538 g/mol. The third-order valence-electron chi connectivity index (χ3n) is 5.11. The van der Waals surface area contributed by atoms with Gasteiger partial charge in [-0.3, -0.25) is 4.79 Å². The van der Waals surface area contributed by atoms with Crippen LogP contribution in [0.25, 0.3) is 0 Å². The van der Waals surface area contributed by atoms with Crippen LogP contribution in [0.1, 0.15) is 34.6 Å². The van der Waals surface area contributed by atoms with Gasteiger partial charge < -0.3 is 15.4 Å². The number of anilines is 2. The molecule has 2 N–H and O–H groups in total. The molecule has 0 saturated carbocycles. The summed E-state index contributed by atoms with van der Waals surface area (Å²) in [4.78, 5) is 12.6. The maximum Gasteiger partial charge on any atom is 0.573 e. The van der Waals surface area contributed by atoms with Gasteiger partial charge >= 0.3 is 12.5 Å². The molecule has 2 unspecified atom stereocenters. The van der Waals surface area contributed by atoms with Gasteiger partial charge in [-0.2, -0.15) is 18.3 Å². The first-order valence-corrected chi connectivity index (χ1v) is 10.6. The second kappa shape index (κ2) is 9.15. The number of amides is 1. The maximum atomic E-state index is 13.8. The number of carbonyl (C=O) groups excluding carboxylic acids is 1. The number of hydrogen-bond acceptors (Lipinski definition) is 4. The fraction of sp³-hybridized carbons (Fsp3) is 0.238. The highest BCUT2D eigenvalue weighted by Crippen LogP contribution is 2.44. The van der Waals surface area contributed by atoms with Crippen molar-refractivity contribution in [1.82, 2.24) is 9.78 Å². The van der Waals surface area contributed by atoms with Crippen molar-refractivity contribution in [2.75, 3.05) is 10.6 Å². The average molecular weight is 539 g/mol. The molecule has 0 fully saturated rings. The normalized spacial score (nSPS) is 17.9. The zero-order chi connectivity index (χ0) is 25.5. The third kappa shape index (κ3) is 5.76. The number of nitrogens with one attached hydrogen (secondary N) is 2. The Kier molecular flexibility index (Phi) is 6.54. The molecule has 35 heavy (non-hydrogen) atoms. The second-order valence-corrected chi connectivity index (χ2v) is 8.36. The van der Waals surface area contributed by atoms with Crippen molar-refractivity contribution < 1.29 is 35.9 Å². The molecular formula is C21H14Cl2F6N4O2. The molecule has 2 heterocycles. The van der Waals surface area contributed by atoms with Gasteiger partial charge in [0.15, 0.2) is 11.7 Å². The van der Waals surface area contributed by atoms with Crippen LogP contribution >= 0.6 is 23.2 Å². The molecule has 1 amide bonds. The summed E-state index contributed by atoms with van der Waals surface area (Å²) in [6.45, 7) is 0. The Hall–Kier alpha value is -3.12. The van der Waals surface area contributed by atoms with E-state index in [-0.39, 0.29) is 27.2 Å². The highest BCUT2D eigenvalue weighted by atomic mass is 35.5. The van der Waals surface area contributed by atoms with Gasteiger partial charge in [0.25, 0.3) is 5.91 Å². The van der Waals surface area contributed by atoms with E-state index in [1.165, 1.54) is 12.1 Å². The molecule has 186 valence electrons. The molecule has 0 spiro atoms. The molecule has 0 bridgehead atoms. The topological polar surface area (TPSA) is 68.2 Å². The zero-order valence-electron chi connectivity index (χ0n) is 17.2. The molecule has 3 aromatic rings. The number of nitrogens with zero attached hydrogens (tertiary/aromatic N) is 2. The van der Waals surface area contributed by atoms with Crippen molar-refractivity contribution in [1.29, 1.82) is 0 Å². The highest BCUT2D eigenvalue weighted by molar-refractivity contribution is 6.42. The van der Waals surface area contributed by atoms with Gasteiger partial charge in [0.05, 0.1) is 16.1 Å². The van der Waals surface area contributed by atoms with Crippen molar-refractivity contribution in [3.8, 4) is 5.75 Å². The lowest BCUT2D eigenvalue weighted by Crippen LogP contribution is -2.35. The standard InChI is InChI=1S/C21H14Cl2F6N4O2/c22-13-6-1-10(7-14(13)23)15-8-17(20(24,25)26)33-18(31-15)9-16(32-33)19(34)30-11-2-4-12(5-3-11)35-21(27,28)29/h1-7,9,15,17,31H,8H2,(H,30,34). The summed E-state index contributed by atoms with van der Waals surface area (Å²) in [5, 5.41) is 9.55. The second-order valence-electron chi connectivity index (χ2n) is 7.55. The quantitative estimate of drug-likeness (QED) is 0.351. The Labute approximate surface area is 203 Å². The fourth-order valence-electron chi connectivity index (χ4n) is 3.57. The lowest BCUT2D eigenvalue weighted by molar-refractivity contribution is -0.274. The largest absolute Gasteiger partial charge is 0.573 e. The van der Waals surface area contributed by atoms with Crippen LogP contribution in [0.2, 0.25) is 10.0 Å². The number of hydrogen-bond donors (Lipinski definition) is 2. The van der Waals surface area contributed by atoms with E-state index in [1.807, 2.05) is 0 Å². The first kappa shape index (κ1) is 25.0. The first-order chi connectivity index (χ1) is 16.3. The zero-order valence-corrected chi connectivity index (χ0v) is 18.7. The van der Waals surface area contributed by atoms with Gasteiger partial charge in [0, 0.05) is 18.2 Å². The molecule has 0 radical (unpaired) electrons. The summed E-state index contributed by atoms with van der Waals surface area (Å²) in [7, 11) is 0. The lowest BCUT2D eigenvalue weighted by Gasteiger charge is -2.33. The molecule has 0 saturated heterocycles. The Morgan fingerprint density at radius 1 is 1.03 bits per heavy atom. The molecule has 6 nitrogen and oxygen atoms in total. The van der Waals surface area contributed by atoms with Crippen LogP contribution in [0.3, 0.4) is 0 Å². The van der Waals surface area contributed by atoms with Gasteiger partial charge in [-0.15, -0.1) is 13.2 Å². The first-order valence-electron chi connectivity index (χ1n) is 9.85. The van der Waals surface area contributed by atoms with E-state index >= 15 is 0 Å². The van der Waals surface area contributed by atoms with Crippen LogP contribution in [0, 0.1) is 0 Å². The third-order valence-corrected chi connectivity index (χ3v) is 5.85. The van der Waals surface area contributed by atoms with Gasteiger partial charge in [-0.1, -0.05) is 29.3 Å². The van der Waals surface area contributed by atoms with Crippen LogP contribution in [-0.4, -0.2) is 28.2 Å². The summed E-state index contributed by atoms with van der Waals surface area (Å²) in [6.07, 6.45) is -9.96. The lowest BCUT2D eigenvalue weighted by atomic mass is 9.97. The molecule has 2 aromatic carbocycles. The van der Waals surface area contributed by atoms with Gasteiger partial charge in [0.1, 0.15) is 11.6 Å². The van der Waals surface area contributed by atoms with E-state index in [0.29, 0.717) is 10.2 Å². The number of fused-ring (bicyclic) bond motifs is 1. The highest BCUT2D eigenvalue weighted by Gasteiger charge is 2.47. The summed E-state index contributed by atoms with van der Waals surface area (Å²) in [5.74, 6) is -1.41. The predicted molar refractivity (Wildman–Crippen MR) is 116 cm³/mol. The number of aromatic nitrogens is 2. The minimum atomic E-state index is -4.88. The van der Waals surface area contributed by atoms with Gasteiger partial charge in [-0.05, 0) is 42.0 Å². The van der Waals surface area contributed by atoms with Crippen molar-refractivity contribution in [2.45, 2.75) is 31.0 Å². The molecule has 4 rings (SSSR count). The van der Waals surface area contributed by atoms with Gasteiger partial charge in [-0.25, -0.2) is 4.68 Å². The predicted octanol–water partition coefficient (Wildman–Crippen LogP) is 7.00. The molecule has 14 heteroatoms. The van der Waals surface area contributed by atoms with Crippen molar-refractivity contribution >= 4 is 40.6 Å². The number of ether oxygens (including phenoxy) is 1. The van der Waals surface area contributed by atoms with E-state index in [0.717, 1.165) is 30.3 Å². The molecule has 1 aromatic heterocycles. The summed E-state index contributed by atoms with van der Waals surface area (Å²) in [5.41, 5.74) is 0.227. The van der Waals surface area contributed by atoms with Crippen molar-refractivity contribution in [2.24, 2.45) is 0 Å². The summed E-state index contributed by atoms with van der Waals surface area (Å²) in [6, 6.07) is 7.05. The van der Waals surface area contributed by atoms with Crippen molar-refractivity contribution in [3.05, 3.63) is 69.8 Å². The van der Waals surface area contributed by atoms with Gasteiger partial charge in [0.2, 0.25) is 0 Å². The van der Waals surface area contributed by atoms with E-state index < -0.39 is 42.7 Å². The van der Waals surface area contributed by atoms with Crippen molar-refractivity contribution in [3.63, 3.8) is 0 Å². The van der Waals surface area contributed by atoms with Crippen LogP contribution in [0.5, 0.6) is 5.75 Å². The van der Waals surface area contributed by atoms with Crippen LogP contribution in [0.4, 0.5) is 37.8 Å². The average Bonchev–Trinajstić information content (AvgIpc) is 3.19. The Bertz CT molecular complexity index is 1240. The maximum absolute atomic E-state index is 13.8. The Balaban J connectivity index is 1.56.